The van der Waals surface area contributed by atoms with Crippen LogP contribution in [-0.4, -0.2) is 34.8 Å². The lowest BCUT2D eigenvalue weighted by atomic mass is 9.78. The Morgan fingerprint density at radius 1 is 0.921 bits per heavy atom. The highest BCUT2D eigenvalue weighted by molar-refractivity contribution is 6.00. The van der Waals surface area contributed by atoms with Gasteiger partial charge in [0.25, 0.3) is 0 Å². The number of benzene rings is 3. The molecule has 0 spiro atoms. The van der Waals surface area contributed by atoms with Crippen molar-refractivity contribution in [1.82, 2.24) is 14.8 Å². The van der Waals surface area contributed by atoms with Crippen LogP contribution in [0.25, 0.3) is 0 Å². The standard InChI is InChI=1S/C30H28N4O4/c1-36-26-12-11-20(16-27(26)37-2)22-14-24-28(25(35)15-22)29(34-30(33-24)31-18-32-34)21-9-6-10-23(13-21)38-17-19-7-4-3-5-8-19/h3-13,16,18,22,29H,14-15,17H2,1-2H3,(H,31,32,33)/t22-,29+/m0/s1. The summed E-state index contributed by atoms with van der Waals surface area (Å²) in [4.78, 5) is 18.2. The molecule has 0 saturated carbocycles. The number of hydrogen-bond donors (Lipinski definition) is 1. The van der Waals surface area contributed by atoms with Crippen LogP contribution in [0.2, 0.25) is 0 Å². The van der Waals surface area contributed by atoms with Crippen LogP contribution in [0.5, 0.6) is 17.2 Å². The SMILES string of the molecule is COc1ccc([C@@H]2CC(=O)C3=C(C2)Nc2ncnn2[C@@H]3c2cccc(OCc3ccccc3)c2)cc1OC. The minimum atomic E-state index is -0.386. The molecule has 1 aliphatic carbocycles. The summed E-state index contributed by atoms with van der Waals surface area (Å²) in [6, 6.07) is 23.4. The predicted octanol–water partition coefficient (Wildman–Crippen LogP) is 5.29. The van der Waals surface area contributed by atoms with Crippen LogP contribution in [0.1, 0.15) is 41.5 Å². The maximum absolute atomic E-state index is 13.8. The summed E-state index contributed by atoms with van der Waals surface area (Å²) in [7, 11) is 3.23. The van der Waals surface area contributed by atoms with E-state index in [0.29, 0.717) is 36.9 Å². The van der Waals surface area contributed by atoms with Gasteiger partial charge >= 0.3 is 0 Å². The third kappa shape index (κ3) is 4.38. The molecule has 38 heavy (non-hydrogen) atoms. The number of nitrogens with one attached hydrogen (secondary N) is 1. The largest absolute Gasteiger partial charge is 0.493 e. The van der Waals surface area contributed by atoms with Crippen LogP contribution in [0.3, 0.4) is 0 Å². The van der Waals surface area contributed by atoms with E-state index in [1.807, 2.05) is 72.8 Å². The molecule has 0 saturated heterocycles. The lowest BCUT2D eigenvalue weighted by Crippen LogP contribution is -2.33. The molecule has 2 aliphatic rings. The molecule has 1 N–H and O–H groups in total. The highest BCUT2D eigenvalue weighted by Gasteiger charge is 2.39. The zero-order valence-electron chi connectivity index (χ0n) is 21.3. The second-order valence-electron chi connectivity index (χ2n) is 9.44. The molecular weight excluding hydrogens is 480 g/mol. The molecule has 0 amide bonds. The van der Waals surface area contributed by atoms with Crippen LogP contribution in [0.4, 0.5) is 5.95 Å². The van der Waals surface area contributed by atoms with Crippen LogP contribution in [0.15, 0.2) is 90.4 Å². The molecule has 3 aromatic carbocycles. The Morgan fingerprint density at radius 3 is 2.58 bits per heavy atom. The number of Topliss-reactive ketones (excluding diaryl/α,β-unsaturated/α-hetero) is 1. The monoisotopic (exact) mass is 508 g/mol. The van der Waals surface area contributed by atoms with Crippen molar-refractivity contribution >= 4 is 11.7 Å². The average Bonchev–Trinajstić information content (AvgIpc) is 3.43. The number of nitrogens with zero attached hydrogens (tertiary/aromatic N) is 3. The molecule has 192 valence electrons. The summed E-state index contributed by atoms with van der Waals surface area (Å²) in [5.41, 5.74) is 4.65. The van der Waals surface area contributed by atoms with E-state index in [2.05, 4.69) is 15.4 Å². The number of carbonyl (C=O) groups is 1. The fraction of sp³-hybridized carbons (Fsp3) is 0.233. The summed E-state index contributed by atoms with van der Waals surface area (Å²) >= 11 is 0. The molecule has 0 unspecified atom stereocenters. The van der Waals surface area contributed by atoms with Gasteiger partial charge in [-0.1, -0.05) is 48.5 Å². The third-order valence-corrected chi connectivity index (χ3v) is 7.16. The molecular formula is C30H28N4O4. The molecule has 2 atom stereocenters. The van der Waals surface area contributed by atoms with Gasteiger partial charge in [0.05, 0.1) is 14.2 Å². The average molecular weight is 509 g/mol. The fourth-order valence-electron chi connectivity index (χ4n) is 5.32. The number of rotatable bonds is 7. The van der Waals surface area contributed by atoms with E-state index >= 15 is 0 Å². The number of methoxy groups -OCH3 is 2. The summed E-state index contributed by atoms with van der Waals surface area (Å²) in [5.74, 6) is 2.75. The number of carbonyl (C=O) groups excluding carboxylic acids is 1. The fourth-order valence-corrected chi connectivity index (χ4v) is 5.32. The van der Waals surface area contributed by atoms with Crippen LogP contribution in [-0.2, 0) is 11.4 Å². The molecule has 0 radical (unpaired) electrons. The Hall–Kier alpha value is -4.59. The van der Waals surface area contributed by atoms with Gasteiger partial charge in [0.15, 0.2) is 17.3 Å². The van der Waals surface area contributed by atoms with E-state index in [1.54, 1.807) is 18.9 Å². The second-order valence-corrected chi connectivity index (χ2v) is 9.44. The molecule has 6 rings (SSSR count). The highest BCUT2D eigenvalue weighted by atomic mass is 16.5. The summed E-state index contributed by atoms with van der Waals surface area (Å²) in [5, 5.41) is 7.85. The van der Waals surface area contributed by atoms with Gasteiger partial charge in [0, 0.05) is 17.7 Å². The van der Waals surface area contributed by atoms with Crippen molar-refractivity contribution in [2.75, 3.05) is 19.5 Å². The quantitative estimate of drug-likeness (QED) is 0.363. The summed E-state index contributed by atoms with van der Waals surface area (Å²) in [6.07, 6.45) is 2.57. The van der Waals surface area contributed by atoms with Crippen molar-refractivity contribution in [3.05, 3.63) is 107 Å². The number of allylic oxidation sites excluding steroid dienone is 2. The summed E-state index contributed by atoms with van der Waals surface area (Å²) < 4.78 is 18.8. The normalized spacial score (nSPS) is 18.3. The Morgan fingerprint density at radius 2 is 1.76 bits per heavy atom. The Kier molecular flexibility index (Phi) is 6.29. The van der Waals surface area contributed by atoms with Crippen molar-refractivity contribution in [3.8, 4) is 17.2 Å². The molecule has 8 heteroatoms. The van der Waals surface area contributed by atoms with Crippen molar-refractivity contribution in [1.29, 1.82) is 0 Å². The van der Waals surface area contributed by atoms with E-state index in [4.69, 9.17) is 14.2 Å². The van der Waals surface area contributed by atoms with Gasteiger partial charge in [-0.25, -0.2) is 4.68 Å². The number of hydrogen-bond acceptors (Lipinski definition) is 7. The molecule has 0 bridgehead atoms. The van der Waals surface area contributed by atoms with Gasteiger partial charge < -0.3 is 19.5 Å². The first-order valence-electron chi connectivity index (χ1n) is 12.6. The van der Waals surface area contributed by atoms with Gasteiger partial charge in [0.1, 0.15) is 24.7 Å². The van der Waals surface area contributed by atoms with Crippen molar-refractivity contribution in [2.45, 2.75) is 31.4 Å². The van der Waals surface area contributed by atoms with Crippen LogP contribution in [0, 0.1) is 0 Å². The van der Waals surface area contributed by atoms with Gasteiger partial charge in [-0.2, -0.15) is 10.1 Å². The van der Waals surface area contributed by atoms with Gasteiger partial charge in [-0.3, -0.25) is 4.79 Å². The van der Waals surface area contributed by atoms with Gasteiger partial charge in [0.2, 0.25) is 5.95 Å². The second kappa shape index (κ2) is 10.0. The Balaban J connectivity index is 1.33. The van der Waals surface area contributed by atoms with E-state index in [9.17, 15) is 4.79 Å². The first-order chi connectivity index (χ1) is 18.6. The van der Waals surface area contributed by atoms with Gasteiger partial charge in [-0.15, -0.1) is 0 Å². The zero-order valence-corrected chi connectivity index (χ0v) is 21.3. The molecule has 0 fully saturated rings. The number of fused-ring (bicyclic) bond motifs is 1. The van der Waals surface area contributed by atoms with Crippen molar-refractivity contribution < 1.29 is 19.0 Å². The maximum atomic E-state index is 13.8. The number of ether oxygens (including phenoxy) is 3. The van der Waals surface area contributed by atoms with Crippen LogP contribution >= 0.6 is 0 Å². The van der Waals surface area contributed by atoms with E-state index < -0.39 is 0 Å². The summed E-state index contributed by atoms with van der Waals surface area (Å²) in [6.45, 7) is 0.463. The molecule has 1 aliphatic heterocycles. The lowest BCUT2D eigenvalue weighted by molar-refractivity contribution is -0.116. The topological polar surface area (TPSA) is 87.5 Å². The van der Waals surface area contributed by atoms with E-state index in [1.165, 1.54) is 6.33 Å². The molecule has 1 aromatic heterocycles. The molecule has 4 aromatic rings. The number of ketones is 1. The smallest absolute Gasteiger partial charge is 0.226 e. The van der Waals surface area contributed by atoms with Crippen molar-refractivity contribution in [3.63, 3.8) is 0 Å². The first kappa shape index (κ1) is 23.8. The van der Waals surface area contributed by atoms with Crippen molar-refractivity contribution in [2.24, 2.45) is 0 Å². The predicted molar refractivity (Wildman–Crippen MR) is 143 cm³/mol. The first-order valence-corrected chi connectivity index (χ1v) is 12.6. The minimum Gasteiger partial charge on any atom is -0.493 e. The number of aromatic nitrogens is 3. The third-order valence-electron chi connectivity index (χ3n) is 7.16. The van der Waals surface area contributed by atoms with Crippen LogP contribution < -0.4 is 19.5 Å². The Bertz CT molecular complexity index is 1510. The van der Waals surface area contributed by atoms with E-state index in [0.717, 1.165) is 33.7 Å². The minimum absolute atomic E-state index is 0.00391. The highest BCUT2D eigenvalue weighted by Crippen LogP contribution is 2.45. The lowest BCUT2D eigenvalue weighted by Gasteiger charge is -2.35. The molecule has 2 heterocycles. The zero-order chi connectivity index (χ0) is 26.1. The molecule has 8 nitrogen and oxygen atoms in total. The number of anilines is 1. The van der Waals surface area contributed by atoms with Gasteiger partial charge in [-0.05, 0) is 53.3 Å². The maximum Gasteiger partial charge on any atom is 0.226 e. The van der Waals surface area contributed by atoms with E-state index in [-0.39, 0.29) is 17.7 Å². The Labute approximate surface area is 220 Å².